The second-order valence-electron chi connectivity index (χ2n) is 5.48. The Kier molecular flexibility index (Phi) is 4.81. The fourth-order valence-electron chi connectivity index (χ4n) is 2.65. The highest BCUT2D eigenvalue weighted by molar-refractivity contribution is 7.16. The minimum Gasteiger partial charge on any atom is -0.349 e. The van der Waals surface area contributed by atoms with Gasteiger partial charge in [-0.1, -0.05) is 19.3 Å². The standard InChI is InChI=1S/C15H22N2O2S/c1-9-10(2)20-15(16-11(3)18)13(9)14(19)17-12-7-5-4-6-8-12/h12H,4-8H2,1-3H3,(H,16,18)(H,17,19). The molecule has 2 amide bonds. The molecule has 0 spiro atoms. The molecule has 1 saturated carbocycles. The number of thiophene rings is 1. The van der Waals surface area contributed by atoms with Gasteiger partial charge in [-0.05, 0) is 32.3 Å². The number of nitrogens with one attached hydrogen (secondary N) is 2. The van der Waals surface area contributed by atoms with E-state index < -0.39 is 0 Å². The molecule has 0 unspecified atom stereocenters. The Balaban J connectivity index is 2.17. The Morgan fingerprint density at radius 3 is 2.40 bits per heavy atom. The Morgan fingerprint density at radius 2 is 1.80 bits per heavy atom. The number of anilines is 1. The molecule has 5 heteroatoms. The van der Waals surface area contributed by atoms with E-state index in [1.807, 2.05) is 13.8 Å². The molecule has 0 radical (unpaired) electrons. The lowest BCUT2D eigenvalue weighted by molar-refractivity contribution is -0.114. The summed E-state index contributed by atoms with van der Waals surface area (Å²) in [5, 5.41) is 6.56. The van der Waals surface area contributed by atoms with Gasteiger partial charge in [-0.3, -0.25) is 9.59 Å². The molecule has 2 rings (SSSR count). The Labute approximate surface area is 124 Å². The van der Waals surface area contributed by atoms with E-state index in [2.05, 4.69) is 10.6 Å². The van der Waals surface area contributed by atoms with Crippen molar-refractivity contribution in [3.63, 3.8) is 0 Å². The number of carbonyl (C=O) groups is 2. The summed E-state index contributed by atoms with van der Waals surface area (Å²) in [5.41, 5.74) is 1.60. The lowest BCUT2D eigenvalue weighted by Gasteiger charge is -2.23. The van der Waals surface area contributed by atoms with Gasteiger partial charge in [-0.15, -0.1) is 11.3 Å². The quantitative estimate of drug-likeness (QED) is 0.897. The van der Waals surface area contributed by atoms with Crippen LogP contribution in [0.4, 0.5) is 5.00 Å². The molecule has 1 aromatic heterocycles. The van der Waals surface area contributed by atoms with E-state index in [9.17, 15) is 9.59 Å². The van der Waals surface area contributed by atoms with Gasteiger partial charge in [0.15, 0.2) is 0 Å². The summed E-state index contributed by atoms with van der Waals surface area (Å²) < 4.78 is 0. The summed E-state index contributed by atoms with van der Waals surface area (Å²) >= 11 is 1.47. The number of rotatable bonds is 3. The zero-order chi connectivity index (χ0) is 14.7. The van der Waals surface area contributed by atoms with E-state index in [1.54, 1.807) is 0 Å². The van der Waals surface area contributed by atoms with Gasteiger partial charge in [0.2, 0.25) is 5.91 Å². The van der Waals surface area contributed by atoms with Gasteiger partial charge in [-0.2, -0.15) is 0 Å². The second-order valence-corrected chi connectivity index (χ2v) is 6.70. The van der Waals surface area contributed by atoms with Gasteiger partial charge < -0.3 is 10.6 Å². The van der Waals surface area contributed by atoms with Gasteiger partial charge in [0.05, 0.1) is 5.56 Å². The van der Waals surface area contributed by atoms with Crippen molar-refractivity contribution >= 4 is 28.2 Å². The lowest BCUT2D eigenvalue weighted by atomic mass is 9.95. The summed E-state index contributed by atoms with van der Waals surface area (Å²) in [6.07, 6.45) is 5.75. The first-order valence-corrected chi connectivity index (χ1v) is 7.99. The Hall–Kier alpha value is -1.36. The third-order valence-corrected chi connectivity index (χ3v) is 4.97. The van der Waals surface area contributed by atoms with Crippen molar-refractivity contribution in [3.05, 3.63) is 16.0 Å². The fraction of sp³-hybridized carbons (Fsp3) is 0.600. The Morgan fingerprint density at radius 1 is 1.15 bits per heavy atom. The molecule has 0 aliphatic heterocycles. The van der Waals surface area contributed by atoms with Crippen LogP contribution in [0, 0.1) is 13.8 Å². The second kappa shape index (κ2) is 6.39. The number of hydrogen-bond donors (Lipinski definition) is 2. The monoisotopic (exact) mass is 294 g/mol. The predicted octanol–water partition coefficient (Wildman–Crippen LogP) is 3.39. The third kappa shape index (κ3) is 3.39. The average molecular weight is 294 g/mol. The van der Waals surface area contributed by atoms with Gasteiger partial charge in [-0.25, -0.2) is 0 Å². The van der Waals surface area contributed by atoms with Crippen molar-refractivity contribution < 1.29 is 9.59 Å². The number of aryl methyl sites for hydroxylation is 1. The molecule has 4 nitrogen and oxygen atoms in total. The van der Waals surface area contributed by atoms with E-state index in [0.717, 1.165) is 23.3 Å². The van der Waals surface area contributed by atoms with Crippen LogP contribution in [0.2, 0.25) is 0 Å². The highest BCUT2D eigenvalue weighted by atomic mass is 32.1. The number of carbonyl (C=O) groups excluding carboxylic acids is 2. The predicted molar refractivity (Wildman–Crippen MR) is 82.4 cm³/mol. The molecule has 0 saturated heterocycles. The molecular formula is C15H22N2O2S. The minimum atomic E-state index is -0.141. The minimum absolute atomic E-state index is 0.0532. The van der Waals surface area contributed by atoms with Crippen LogP contribution in [0.1, 0.15) is 59.8 Å². The molecule has 1 aliphatic rings. The molecular weight excluding hydrogens is 272 g/mol. The molecule has 1 aromatic rings. The van der Waals surface area contributed by atoms with Gasteiger partial charge in [0.25, 0.3) is 5.91 Å². The average Bonchev–Trinajstić information content (AvgIpc) is 2.65. The first-order valence-electron chi connectivity index (χ1n) is 7.17. The van der Waals surface area contributed by atoms with Crippen LogP contribution in [-0.4, -0.2) is 17.9 Å². The third-order valence-electron chi connectivity index (χ3n) is 3.84. The van der Waals surface area contributed by atoms with Crippen LogP contribution in [-0.2, 0) is 4.79 Å². The molecule has 110 valence electrons. The van der Waals surface area contributed by atoms with Gasteiger partial charge in [0, 0.05) is 17.8 Å². The van der Waals surface area contributed by atoms with Crippen LogP contribution in [0.25, 0.3) is 0 Å². The molecule has 1 aliphatic carbocycles. The van der Waals surface area contributed by atoms with Gasteiger partial charge in [0.1, 0.15) is 5.00 Å². The molecule has 0 aromatic carbocycles. The molecule has 1 fully saturated rings. The number of amides is 2. The summed E-state index contributed by atoms with van der Waals surface area (Å²) in [7, 11) is 0. The van der Waals surface area contributed by atoms with Crippen molar-refractivity contribution in [3.8, 4) is 0 Å². The van der Waals surface area contributed by atoms with Crippen LogP contribution >= 0.6 is 11.3 Å². The first kappa shape index (κ1) is 15.0. The van der Waals surface area contributed by atoms with E-state index >= 15 is 0 Å². The topological polar surface area (TPSA) is 58.2 Å². The molecule has 0 atom stereocenters. The molecule has 20 heavy (non-hydrogen) atoms. The lowest BCUT2D eigenvalue weighted by Crippen LogP contribution is -2.36. The van der Waals surface area contributed by atoms with E-state index in [1.165, 1.54) is 37.5 Å². The molecule has 1 heterocycles. The summed E-state index contributed by atoms with van der Waals surface area (Å²) in [6, 6.07) is 0.279. The number of hydrogen-bond acceptors (Lipinski definition) is 3. The van der Waals surface area contributed by atoms with Crippen molar-refractivity contribution in [1.82, 2.24) is 5.32 Å². The summed E-state index contributed by atoms with van der Waals surface area (Å²) in [6.45, 7) is 5.38. The highest BCUT2D eigenvalue weighted by Crippen LogP contribution is 2.32. The Bertz CT molecular complexity index is 516. The van der Waals surface area contributed by atoms with E-state index in [0.29, 0.717) is 10.6 Å². The smallest absolute Gasteiger partial charge is 0.254 e. The zero-order valence-electron chi connectivity index (χ0n) is 12.3. The fourth-order valence-corrected chi connectivity index (χ4v) is 3.76. The first-order chi connectivity index (χ1) is 9.49. The van der Waals surface area contributed by atoms with Crippen LogP contribution < -0.4 is 10.6 Å². The van der Waals surface area contributed by atoms with E-state index in [4.69, 9.17) is 0 Å². The SMILES string of the molecule is CC(=O)Nc1sc(C)c(C)c1C(=O)NC1CCCCC1. The largest absolute Gasteiger partial charge is 0.349 e. The molecule has 0 bridgehead atoms. The zero-order valence-corrected chi connectivity index (χ0v) is 13.2. The van der Waals surface area contributed by atoms with Crippen LogP contribution in [0.15, 0.2) is 0 Å². The van der Waals surface area contributed by atoms with E-state index in [-0.39, 0.29) is 17.9 Å². The van der Waals surface area contributed by atoms with Crippen molar-refractivity contribution in [2.45, 2.75) is 58.9 Å². The normalized spacial score (nSPS) is 15.9. The maximum Gasteiger partial charge on any atom is 0.254 e. The van der Waals surface area contributed by atoms with Crippen molar-refractivity contribution in [1.29, 1.82) is 0 Å². The summed E-state index contributed by atoms with van der Waals surface area (Å²) in [5.74, 6) is -0.194. The maximum absolute atomic E-state index is 12.5. The summed E-state index contributed by atoms with van der Waals surface area (Å²) in [4.78, 5) is 24.8. The van der Waals surface area contributed by atoms with Crippen molar-refractivity contribution in [2.24, 2.45) is 0 Å². The van der Waals surface area contributed by atoms with Crippen molar-refractivity contribution in [2.75, 3.05) is 5.32 Å². The molecule has 2 N–H and O–H groups in total. The van der Waals surface area contributed by atoms with Crippen LogP contribution in [0.5, 0.6) is 0 Å². The maximum atomic E-state index is 12.5. The van der Waals surface area contributed by atoms with Gasteiger partial charge >= 0.3 is 0 Å². The highest BCUT2D eigenvalue weighted by Gasteiger charge is 2.23. The van der Waals surface area contributed by atoms with Crippen LogP contribution in [0.3, 0.4) is 0 Å².